The first-order valence-electron chi connectivity index (χ1n) is 6.44. The van der Waals surface area contributed by atoms with Crippen LogP contribution in [-0.2, 0) is 0 Å². The number of nitrogens with zero attached hydrogens (tertiary/aromatic N) is 1. The number of carboxylic acids is 1. The van der Waals surface area contributed by atoms with Crippen molar-refractivity contribution in [3.05, 3.63) is 29.8 Å². The van der Waals surface area contributed by atoms with E-state index in [0.29, 0.717) is 11.5 Å². The molecule has 1 aliphatic rings. The summed E-state index contributed by atoms with van der Waals surface area (Å²) in [7, 11) is 1.96. The maximum Gasteiger partial charge on any atom is 0.337 e. The van der Waals surface area contributed by atoms with Gasteiger partial charge in [-0.1, -0.05) is 12.1 Å². The number of piperidine rings is 1. The summed E-state index contributed by atoms with van der Waals surface area (Å²) >= 11 is 0. The third kappa shape index (κ3) is 2.82. The number of benzene rings is 1. The fourth-order valence-electron chi connectivity index (χ4n) is 2.67. The predicted octanol–water partition coefficient (Wildman–Crippen LogP) is 1.82. The van der Waals surface area contributed by atoms with E-state index in [-0.39, 0.29) is 0 Å². The first-order valence-corrected chi connectivity index (χ1v) is 6.44. The molecule has 1 aromatic carbocycles. The molecule has 1 unspecified atom stereocenters. The summed E-state index contributed by atoms with van der Waals surface area (Å²) in [4.78, 5) is 13.4. The predicted molar refractivity (Wildman–Crippen MR) is 72.3 cm³/mol. The molecule has 0 bridgehead atoms. The molecule has 2 N–H and O–H groups in total. The van der Waals surface area contributed by atoms with Gasteiger partial charge in [-0.05, 0) is 44.5 Å². The summed E-state index contributed by atoms with van der Waals surface area (Å²) in [6, 6.07) is 7.27. The molecule has 2 rings (SSSR count). The van der Waals surface area contributed by atoms with Crippen LogP contribution >= 0.6 is 0 Å². The maximum atomic E-state index is 11.2. The van der Waals surface area contributed by atoms with Crippen LogP contribution < -0.4 is 10.2 Å². The molecular formula is C14H20N2O2. The SMILES string of the molecule is CNCC1CCCN(c2ccccc2C(=O)O)C1. The highest BCUT2D eigenvalue weighted by atomic mass is 16.4. The Morgan fingerprint density at radius 1 is 1.50 bits per heavy atom. The largest absolute Gasteiger partial charge is 0.478 e. The van der Waals surface area contributed by atoms with Crippen LogP contribution in [0.1, 0.15) is 23.2 Å². The van der Waals surface area contributed by atoms with Crippen molar-refractivity contribution in [3.63, 3.8) is 0 Å². The first kappa shape index (κ1) is 12.9. The molecular weight excluding hydrogens is 228 g/mol. The highest BCUT2D eigenvalue weighted by molar-refractivity contribution is 5.94. The molecule has 1 aromatic rings. The number of nitrogens with one attached hydrogen (secondary N) is 1. The van der Waals surface area contributed by atoms with Gasteiger partial charge < -0.3 is 15.3 Å². The number of hydrogen-bond donors (Lipinski definition) is 2. The van der Waals surface area contributed by atoms with Gasteiger partial charge in [0.2, 0.25) is 0 Å². The lowest BCUT2D eigenvalue weighted by atomic mass is 9.97. The van der Waals surface area contributed by atoms with Gasteiger partial charge in [0.05, 0.1) is 11.3 Å². The lowest BCUT2D eigenvalue weighted by molar-refractivity contribution is 0.0697. The lowest BCUT2D eigenvalue weighted by Crippen LogP contribution is -2.39. The van der Waals surface area contributed by atoms with E-state index in [4.69, 9.17) is 0 Å². The number of anilines is 1. The summed E-state index contributed by atoms with van der Waals surface area (Å²) < 4.78 is 0. The third-order valence-corrected chi connectivity index (χ3v) is 3.49. The van der Waals surface area contributed by atoms with Crippen molar-refractivity contribution in [2.75, 3.05) is 31.6 Å². The van der Waals surface area contributed by atoms with Crippen LogP contribution in [0.25, 0.3) is 0 Å². The van der Waals surface area contributed by atoms with Crippen LogP contribution in [0.15, 0.2) is 24.3 Å². The third-order valence-electron chi connectivity index (χ3n) is 3.49. The Morgan fingerprint density at radius 2 is 2.28 bits per heavy atom. The van der Waals surface area contributed by atoms with Gasteiger partial charge in [0.15, 0.2) is 0 Å². The highest BCUT2D eigenvalue weighted by Crippen LogP contribution is 2.26. The van der Waals surface area contributed by atoms with Crippen molar-refractivity contribution in [2.45, 2.75) is 12.8 Å². The van der Waals surface area contributed by atoms with Crippen molar-refractivity contribution in [2.24, 2.45) is 5.92 Å². The second-order valence-electron chi connectivity index (χ2n) is 4.83. The molecule has 4 nitrogen and oxygen atoms in total. The minimum Gasteiger partial charge on any atom is -0.478 e. The van der Waals surface area contributed by atoms with E-state index in [9.17, 15) is 9.90 Å². The Balaban J connectivity index is 2.18. The number of para-hydroxylation sites is 1. The Hall–Kier alpha value is -1.55. The van der Waals surface area contributed by atoms with Crippen LogP contribution in [0.3, 0.4) is 0 Å². The van der Waals surface area contributed by atoms with Gasteiger partial charge in [-0.3, -0.25) is 0 Å². The number of carboxylic acid groups (broad SMARTS) is 1. The van der Waals surface area contributed by atoms with Crippen molar-refractivity contribution >= 4 is 11.7 Å². The fraction of sp³-hybridized carbons (Fsp3) is 0.500. The van der Waals surface area contributed by atoms with E-state index in [1.807, 2.05) is 19.2 Å². The zero-order chi connectivity index (χ0) is 13.0. The molecule has 1 aliphatic heterocycles. The van der Waals surface area contributed by atoms with Gasteiger partial charge in [-0.25, -0.2) is 4.79 Å². The molecule has 0 radical (unpaired) electrons. The number of hydrogen-bond acceptors (Lipinski definition) is 3. The molecule has 0 aromatic heterocycles. The van der Waals surface area contributed by atoms with Gasteiger partial charge in [0.25, 0.3) is 0 Å². The molecule has 0 amide bonds. The van der Waals surface area contributed by atoms with E-state index in [2.05, 4.69) is 10.2 Å². The van der Waals surface area contributed by atoms with Crippen molar-refractivity contribution < 1.29 is 9.90 Å². The van der Waals surface area contributed by atoms with Gasteiger partial charge >= 0.3 is 5.97 Å². The summed E-state index contributed by atoms with van der Waals surface area (Å²) in [6.07, 6.45) is 2.34. The van der Waals surface area contributed by atoms with Gasteiger partial charge in [0, 0.05) is 13.1 Å². The van der Waals surface area contributed by atoms with Gasteiger partial charge in [0.1, 0.15) is 0 Å². The smallest absolute Gasteiger partial charge is 0.337 e. The lowest BCUT2D eigenvalue weighted by Gasteiger charge is -2.35. The average Bonchev–Trinajstić information content (AvgIpc) is 2.39. The fourth-order valence-corrected chi connectivity index (χ4v) is 2.67. The van der Waals surface area contributed by atoms with Gasteiger partial charge in [-0.15, -0.1) is 0 Å². The Kier molecular flexibility index (Phi) is 4.20. The highest BCUT2D eigenvalue weighted by Gasteiger charge is 2.22. The van der Waals surface area contributed by atoms with Crippen molar-refractivity contribution in [3.8, 4) is 0 Å². The van der Waals surface area contributed by atoms with E-state index in [0.717, 1.165) is 31.7 Å². The molecule has 0 saturated carbocycles. The van der Waals surface area contributed by atoms with Crippen LogP contribution in [0.5, 0.6) is 0 Å². The summed E-state index contributed by atoms with van der Waals surface area (Å²) in [5, 5.41) is 12.4. The monoisotopic (exact) mass is 248 g/mol. The first-order chi connectivity index (χ1) is 8.72. The molecule has 0 aliphatic carbocycles. The zero-order valence-electron chi connectivity index (χ0n) is 10.7. The normalized spacial score (nSPS) is 19.8. The molecule has 98 valence electrons. The summed E-state index contributed by atoms with van der Waals surface area (Å²) in [5.74, 6) is -0.244. The molecule has 1 atom stereocenters. The quantitative estimate of drug-likeness (QED) is 0.853. The summed E-state index contributed by atoms with van der Waals surface area (Å²) in [5.41, 5.74) is 1.26. The zero-order valence-corrected chi connectivity index (χ0v) is 10.7. The second kappa shape index (κ2) is 5.87. The number of aromatic carboxylic acids is 1. The standard InChI is InChI=1S/C14H20N2O2/c1-15-9-11-5-4-8-16(10-11)13-7-3-2-6-12(13)14(17)18/h2-3,6-7,11,15H,4-5,8-10H2,1H3,(H,17,18). The molecule has 1 fully saturated rings. The van der Waals surface area contributed by atoms with Crippen LogP contribution in [0.2, 0.25) is 0 Å². The summed E-state index contributed by atoms with van der Waals surface area (Å²) in [6.45, 7) is 2.88. The maximum absolute atomic E-state index is 11.2. The van der Waals surface area contributed by atoms with E-state index < -0.39 is 5.97 Å². The molecule has 4 heteroatoms. The number of carbonyl (C=O) groups is 1. The van der Waals surface area contributed by atoms with Gasteiger partial charge in [-0.2, -0.15) is 0 Å². The van der Waals surface area contributed by atoms with E-state index >= 15 is 0 Å². The topological polar surface area (TPSA) is 52.6 Å². The van der Waals surface area contributed by atoms with Crippen LogP contribution in [-0.4, -0.2) is 37.8 Å². The molecule has 18 heavy (non-hydrogen) atoms. The molecule has 0 spiro atoms. The van der Waals surface area contributed by atoms with Crippen LogP contribution in [0.4, 0.5) is 5.69 Å². The Labute approximate surface area is 108 Å². The van der Waals surface area contributed by atoms with Crippen molar-refractivity contribution in [1.82, 2.24) is 5.32 Å². The minimum absolute atomic E-state index is 0.405. The van der Waals surface area contributed by atoms with Crippen molar-refractivity contribution in [1.29, 1.82) is 0 Å². The second-order valence-corrected chi connectivity index (χ2v) is 4.83. The molecule has 1 heterocycles. The average molecular weight is 248 g/mol. The van der Waals surface area contributed by atoms with Crippen LogP contribution in [0, 0.1) is 5.92 Å². The van der Waals surface area contributed by atoms with E-state index in [1.54, 1.807) is 12.1 Å². The Bertz CT molecular complexity index is 418. The minimum atomic E-state index is -0.846. The Morgan fingerprint density at radius 3 is 3.00 bits per heavy atom. The molecule has 1 saturated heterocycles. The number of rotatable bonds is 4. The van der Waals surface area contributed by atoms with E-state index in [1.165, 1.54) is 6.42 Å².